The van der Waals surface area contributed by atoms with Gasteiger partial charge in [0.05, 0.1) is 6.61 Å². The lowest BCUT2D eigenvalue weighted by Gasteiger charge is -2.27. The first-order chi connectivity index (χ1) is 9.01. The van der Waals surface area contributed by atoms with Gasteiger partial charge in [-0.25, -0.2) is 4.98 Å². The summed E-state index contributed by atoms with van der Waals surface area (Å²) in [4.78, 5) is 7.24. The summed E-state index contributed by atoms with van der Waals surface area (Å²) in [7, 11) is 0. The van der Waals surface area contributed by atoms with Gasteiger partial charge in [0.15, 0.2) is 0 Å². The van der Waals surface area contributed by atoms with Crippen LogP contribution in [-0.2, 0) is 6.61 Å². The number of rotatable bonds is 6. The van der Waals surface area contributed by atoms with Crippen molar-refractivity contribution >= 4 is 5.82 Å². The summed E-state index contributed by atoms with van der Waals surface area (Å²) in [6.07, 6.45) is 2.55. The minimum absolute atomic E-state index is 0.0927. The zero-order chi connectivity index (χ0) is 14.0. The molecule has 1 fully saturated rings. The number of hydrogen-bond donors (Lipinski definition) is 1. The lowest BCUT2D eigenvalue weighted by Crippen LogP contribution is -2.31. The van der Waals surface area contributed by atoms with Gasteiger partial charge in [0, 0.05) is 18.3 Å². The molecule has 1 N–H and O–H groups in total. The standard InChI is InChI=1S/C16H26N2O/c1-11(2)9-18(14-5-6-14)16-8-13(10-19)7-15(17-16)12(3)4/h7-8,11-12,14,19H,5-6,9-10H2,1-4H3. The normalized spacial score (nSPS) is 15.3. The minimum atomic E-state index is 0.0927. The van der Waals surface area contributed by atoms with Crippen molar-refractivity contribution in [3.8, 4) is 0 Å². The molecule has 1 heterocycles. The first kappa shape index (κ1) is 14.3. The van der Waals surface area contributed by atoms with Gasteiger partial charge in [0.2, 0.25) is 0 Å². The fourth-order valence-electron chi connectivity index (χ4n) is 2.34. The van der Waals surface area contributed by atoms with E-state index in [0.717, 1.165) is 23.6 Å². The van der Waals surface area contributed by atoms with Crippen molar-refractivity contribution in [2.45, 2.75) is 59.1 Å². The fraction of sp³-hybridized carbons (Fsp3) is 0.688. The van der Waals surface area contributed by atoms with Crippen LogP contribution in [0.2, 0.25) is 0 Å². The average Bonchev–Trinajstić information content (AvgIpc) is 3.19. The fourth-order valence-corrected chi connectivity index (χ4v) is 2.34. The van der Waals surface area contributed by atoms with E-state index in [1.807, 2.05) is 12.1 Å². The van der Waals surface area contributed by atoms with E-state index in [2.05, 4.69) is 32.6 Å². The third kappa shape index (κ3) is 3.69. The molecule has 0 bridgehead atoms. The largest absolute Gasteiger partial charge is 0.392 e. The summed E-state index contributed by atoms with van der Waals surface area (Å²) < 4.78 is 0. The Hall–Kier alpha value is -1.09. The van der Waals surface area contributed by atoms with E-state index in [1.54, 1.807) is 0 Å². The molecule has 0 unspecified atom stereocenters. The van der Waals surface area contributed by atoms with Gasteiger partial charge < -0.3 is 10.0 Å². The molecule has 1 aliphatic rings. The number of pyridine rings is 1. The van der Waals surface area contributed by atoms with Crippen LogP contribution in [0.1, 0.15) is 57.7 Å². The topological polar surface area (TPSA) is 36.4 Å². The van der Waals surface area contributed by atoms with E-state index in [0.29, 0.717) is 17.9 Å². The number of nitrogens with zero attached hydrogens (tertiary/aromatic N) is 2. The Morgan fingerprint density at radius 1 is 1.26 bits per heavy atom. The first-order valence-corrected chi connectivity index (χ1v) is 7.39. The van der Waals surface area contributed by atoms with Gasteiger partial charge in [0.25, 0.3) is 0 Å². The molecule has 0 atom stereocenters. The Labute approximate surface area is 116 Å². The van der Waals surface area contributed by atoms with Crippen LogP contribution in [-0.4, -0.2) is 22.7 Å². The highest BCUT2D eigenvalue weighted by Gasteiger charge is 2.30. The van der Waals surface area contributed by atoms with Crippen molar-refractivity contribution in [2.24, 2.45) is 5.92 Å². The van der Waals surface area contributed by atoms with Crippen LogP contribution in [0.4, 0.5) is 5.82 Å². The van der Waals surface area contributed by atoms with Gasteiger partial charge in [-0.3, -0.25) is 0 Å². The second-order valence-electron chi connectivity index (χ2n) is 6.35. The molecule has 2 rings (SSSR count). The maximum absolute atomic E-state index is 9.44. The zero-order valence-electron chi connectivity index (χ0n) is 12.6. The predicted octanol–water partition coefficient (Wildman–Crippen LogP) is 3.32. The van der Waals surface area contributed by atoms with E-state index in [1.165, 1.54) is 12.8 Å². The molecule has 1 aliphatic carbocycles. The van der Waals surface area contributed by atoms with Crippen LogP contribution >= 0.6 is 0 Å². The number of aliphatic hydroxyl groups excluding tert-OH is 1. The van der Waals surface area contributed by atoms with Gasteiger partial charge in [-0.15, -0.1) is 0 Å². The highest BCUT2D eigenvalue weighted by atomic mass is 16.3. The second-order valence-corrected chi connectivity index (χ2v) is 6.35. The molecule has 0 saturated heterocycles. The SMILES string of the molecule is CC(C)CN(c1cc(CO)cc(C(C)C)n1)C1CC1. The van der Waals surface area contributed by atoms with Crippen molar-refractivity contribution in [1.29, 1.82) is 0 Å². The van der Waals surface area contributed by atoms with E-state index < -0.39 is 0 Å². The number of aliphatic hydroxyl groups is 1. The third-order valence-electron chi connectivity index (χ3n) is 3.51. The van der Waals surface area contributed by atoms with Crippen LogP contribution in [0.25, 0.3) is 0 Å². The summed E-state index contributed by atoms with van der Waals surface area (Å²) in [5, 5.41) is 9.44. The summed E-state index contributed by atoms with van der Waals surface area (Å²) in [5.41, 5.74) is 2.05. The molecule has 1 saturated carbocycles. The van der Waals surface area contributed by atoms with E-state index in [9.17, 15) is 5.11 Å². The molecular weight excluding hydrogens is 236 g/mol. The lowest BCUT2D eigenvalue weighted by molar-refractivity contribution is 0.281. The van der Waals surface area contributed by atoms with E-state index in [-0.39, 0.29) is 6.61 Å². The maximum Gasteiger partial charge on any atom is 0.129 e. The molecule has 19 heavy (non-hydrogen) atoms. The zero-order valence-corrected chi connectivity index (χ0v) is 12.6. The molecule has 1 aromatic rings. The van der Waals surface area contributed by atoms with Gasteiger partial charge in [-0.05, 0) is 42.4 Å². The van der Waals surface area contributed by atoms with Crippen molar-refractivity contribution in [3.63, 3.8) is 0 Å². The lowest BCUT2D eigenvalue weighted by atomic mass is 10.1. The Morgan fingerprint density at radius 2 is 1.95 bits per heavy atom. The summed E-state index contributed by atoms with van der Waals surface area (Å²) >= 11 is 0. The Balaban J connectivity index is 2.32. The molecule has 0 radical (unpaired) electrons. The third-order valence-corrected chi connectivity index (χ3v) is 3.51. The molecule has 0 aromatic carbocycles. The first-order valence-electron chi connectivity index (χ1n) is 7.39. The summed E-state index contributed by atoms with van der Waals surface area (Å²) in [6, 6.07) is 4.73. The highest BCUT2D eigenvalue weighted by molar-refractivity contribution is 5.45. The molecule has 1 aromatic heterocycles. The molecule has 0 amide bonds. The van der Waals surface area contributed by atoms with Crippen LogP contribution < -0.4 is 4.90 Å². The molecular formula is C16H26N2O. The van der Waals surface area contributed by atoms with Gasteiger partial charge >= 0.3 is 0 Å². The predicted molar refractivity (Wildman–Crippen MR) is 79.5 cm³/mol. The number of hydrogen-bond acceptors (Lipinski definition) is 3. The molecule has 0 aliphatic heterocycles. The second kappa shape index (κ2) is 5.91. The maximum atomic E-state index is 9.44. The quantitative estimate of drug-likeness (QED) is 0.854. The highest BCUT2D eigenvalue weighted by Crippen LogP contribution is 2.32. The van der Waals surface area contributed by atoms with Crippen LogP contribution in [0, 0.1) is 5.92 Å². The Bertz CT molecular complexity index is 425. The van der Waals surface area contributed by atoms with Gasteiger partial charge in [-0.1, -0.05) is 27.7 Å². The van der Waals surface area contributed by atoms with Crippen molar-refractivity contribution in [3.05, 3.63) is 23.4 Å². The van der Waals surface area contributed by atoms with Crippen molar-refractivity contribution < 1.29 is 5.11 Å². The van der Waals surface area contributed by atoms with Crippen LogP contribution in [0.5, 0.6) is 0 Å². The summed E-state index contributed by atoms with van der Waals surface area (Å²) in [5.74, 6) is 2.07. The van der Waals surface area contributed by atoms with Gasteiger partial charge in [0.1, 0.15) is 5.82 Å². The Kier molecular flexibility index (Phi) is 4.46. The van der Waals surface area contributed by atoms with Crippen molar-refractivity contribution in [1.82, 2.24) is 4.98 Å². The molecule has 106 valence electrons. The number of anilines is 1. The van der Waals surface area contributed by atoms with Gasteiger partial charge in [-0.2, -0.15) is 0 Å². The molecule has 0 spiro atoms. The monoisotopic (exact) mass is 262 g/mol. The van der Waals surface area contributed by atoms with E-state index in [4.69, 9.17) is 4.98 Å². The Morgan fingerprint density at radius 3 is 2.42 bits per heavy atom. The van der Waals surface area contributed by atoms with E-state index >= 15 is 0 Å². The smallest absolute Gasteiger partial charge is 0.129 e. The number of aromatic nitrogens is 1. The average molecular weight is 262 g/mol. The summed E-state index contributed by atoms with van der Waals surface area (Å²) in [6.45, 7) is 9.93. The molecule has 3 nitrogen and oxygen atoms in total. The van der Waals surface area contributed by atoms with Crippen LogP contribution in [0.15, 0.2) is 12.1 Å². The van der Waals surface area contributed by atoms with Crippen molar-refractivity contribution in [2.75, 3.05) is 11.4 Å². The minimum Gasteiger partial charge on any atom is -0.392 e. The van der Waals surface area contributed by atoms with Crippen LogP contribution in [0.3, 0.4) is 0 Å². The molecule has 3 heteroatoms.